The minimum atomic E-state index is -1.02. The maximum Gasteiger partial charge on any atom is 0.341 e. The maximum atomic E-state index is 12.7. The van der Waals surface area contributed by atoms with Crippen LogP contribution in [0, 0.1) is 13.8 Å². The van der Waals surface area contributed by atoms with Gasteiger partial charge < -0.3 is 19.4 Å². The number of hydrogen-bond acceptors (Lipinski definition) is 5. The highest BCUT2D eigenvalue weighted by atomic mass is 16.5. The van der Waals surface area contributed by atoms with Crippen LogP contribution in [-0.2, 0) is 9.47 Å². The van der Waals surface area contributed by atoms with Crippen molar-refractivity contribution in [1.82, 2.24) is 9.97 Å². The van der Waals surface area contributed by atoms with Crippen LogP contribution < -0.4 is 0 Å². The van der Waals surface area contributed by atoms with Crippen molar-refractivity contribution in [3.63, 3.8) is 0 Å². The highest BCUT2D eigenvalue weighted by Gasteiger charge is 2.28. The average Bonchev–Trinajstić information content (AvgIpc) is 3.21. The normalized spacial score (nSPS) is 12.0. The van der Waals surface area contributed by atoms with E-state index in [-0.39, 0.29) is 5.69 Å². The molecule has 1 unspecified atom stereocenters. The molecule has 7 nitrogen and oxygen atoms in total. The van der Waals surface area contributed by atoms with Gasteiger partial charge in [-0.2, -0.15) is 0 Å². The number of H-pyrrole nitrogens is 2. The van der Waals surface area contributed by atoms with E-state index >= 15 is 0 Å². The number of carbonyl (C=O) groups excluding carboxylic acids is 3. The zero-order valence-corrected chi connectivity index (χ0v) is 15.5. The van der Waals surface area contributed by atoms with Gasteiger partial charge in [-0.1, -0.05) is 18.2 Å². The van der Waals surface area contributed by atoms with Gasteiger partial charge in [-0.15, -0.1) is 0 Å². The monoisotopic (exact) mass is 368 g/mol. The Morgan fingerprint density at radius 2 is 1.78 bits per heavy atom. The number of aryl methyl sites for hydroxylation is 1. The molecule has 3 aromatic rings. The summed E-state index contributed by atoms with van der Waals surface area (Å²) in [6.07, 6.45) is 0.539. The molecule has 0 radical (unpaired) electrons. The van der Waals surface area contributed by atoms with Gasteiger partial charge in [0.2, 0.25) is 5.78 Å². The van der Waals surface area contributed by atoms with Crippen LogP contribution in [0.5, 0.6) is 0 Å². The van der Waals surface area contributed by atoms with Gasteiger partial charge in [-0.25, -0.2) is 9.59 Å². The molecule has 2 aromatic heterocycles. The van der Waals surface area contributed by atoms with Crippen molar-refractivity contribution in [2.45, 2.75) is 26.9 Å². The lowest BCUT2D eigenvalue weighted by Gasteiger charge is -2.12. The molecule has 0 amide bonds. The first kappa shape index (κ1) is 18.4. The van der Waals surface area contributed by atoms with Gasteiger partial charge in [0.05, 0.1) is 23.9 Å². The molecular weight excluding hydrogens is 348 g/mol. The summed E-state index contributed by atoms with van der Waals surface area (Å²) in [7, 11) is 1.28. The molecule has 1 atom stereocenters. The molecule has 0 saturated heterocycles. The van der Waals surface area contributed by atoms with E-state index in [1.165, 1.54) is 14.0 Å². The van der Waals surface area contributed by atoms with Crippen LogP contribution in [0.25, 0.3) is 10.9 Å². The molecule has 0 spiro atoms. The molecule has 0 aliphatic heterocycles. The molecular formula is C20H20N2O5. The Hall–Kier alpha value is -3.35. The van der Waals surface area contributed by atoms with Crippen LogP contribution in [0.1, 0.15) is 49.4 Å². The van der Waals surface area contributed by atoms with Gasteiger partial charge in [0.25, 0.3) is 0 Å². The lowest BCUT2D eigenvalue weighted by molar-refractivity contribution is 0.0318. The van der Waals surface area contributed by atoms with E-state index in [1.807, 2.05) is 18.2 Å². The lowest BCUT2D eigenvalue weighted by atomic mass is 10.1. The smallest absolute Gasteiger partial charge is 0.341 e. The first-order valence-corrected chi connectivity index (χ1v) is 8.44. The topological polar surface area (TPSA) is 101 Å². The van der Waals surface area contributed by atoms with Crippen LogP contribution in [0.4, 0.5) is 0 Å². The number of rotatable bonds is 5. The second kappa shape index (κ2) is 7.11. The molecule has 0 aliphatic rings. The van der Waals surface area contributed by atoms with Gasteiger partial charge in [0, 0.05) is 22.8 Å². The number of nitrogens with one attached hydrogen (secondary N) is 2. The zero-order chi connectivity index (χ0) is 19.7. The van der Waals surface area contributed by atoms with Gasteiger partial charge in [0.1, 0.15) is 0 Å². The second-order valence-electron chi connectivity index (χ2n) is 6.28. The minimum Gasteiger partial charge on any atom is -0.465 e. The maximum absolute atomic E-state index is 12.7. The number of fused-ring (bicyclic) bond motifs is 1. The highest BCUT2D eigenvalue weighted by molar-refractivity contribution is 6.07. The number of ether oxygens (including phenoxy) is 2. The van der Waals surface area contributed by atoms with Crippen molar-refractivity contribution in [3.8, 4) is 0 Å². The molecule has 0 bridgehead atoms. The number of Topliss-reactive ketones (excluding diaryl/α,β-unsaturated/α-hetero) is 1. The first-order chi connectivity index (χ1) is 12.8. The molecule has 3 rings (SSSR count). The third-order valence-electron chi connectivity index (χ3n) is 4.54. The summed E-state index contributed by atoms with van der Waals surface area (Å²) in [5.41, 5.74) is 2.71. The minimum absolute atomic E-state index is 0.229. The third kappa shape index (κ3) is 3.23. The fourth-order valence-electron chi connectivity index (χ4n) is 3.13. The Morgan fingerprint density at radius 3 is 2.48 bits per heavy atom. The van der Waals surface area contributed by atoms with E-state index in [0.29, 0.717) is 22.4 Å². The summed E-state index contributed by atoms with van der Waals surface area (Å²) in [6.45, 7) is 4.83. The van der Waals surface area contributed by atoms with Crippen LogP contribution in [0.2, 0.25) is 0 Å². The summed E-state index contributed by atoms with van der Waals surface area (Å²) in [4.78, 5) is 43.0. The van der Waals surface area contributed by atoms with Crippen LogP contribution in [0.3, 0.4) is 0 Å². The largest absolute Gasteiger partial charge is 0.465 e. The number of ketones is 1. The summed E-state index contributed by atoms with van der Waals surface area (Å²) in [5.74, 6) is -1.54. The van der Waals surface area contributed by atoms with Crippen LogP contribution in [0.15, 0.2) is 30.5 Å². The number of hydrogen-bond donors (Lipinski definition) is 2. The molecule has 0 fully saturated rings. The Kier molecular flexibility index (Phi) is 4.85. The standard InChI is InChI=1S/C20H20N2O5/c1-10-16(20(25)26-4)11(2)22-17(10)18(23)12(3)27-19(24)14-9-21-15-8-6-5-7-13(14)15/h5-9,12,21-22H,1-4H3. The van der Waals surface area contributed by atoms with E-state index in [1.54, 1.807) is 26.1 Å². The summed E-state index contributed by atoms with van der Waals surface area (Å²) in [6, 6.07) is 7.33. The number of aromatic nitrogens is 2. The Morgan fingerprint density at radius 1 is 1.07 bits per heavy atom. The number of aromatic amines is 2. The summed E-state index contributed by atoms with van der Waals surface area (Å²) >= 11 is 0. The second-order valence-corrected chi connectivity index (χ2v) is 6.28. The third-order valence-corrected chi connectivity index (χ3v) is 4.54. The predicted octanol–water partition coefficient (Wildman–Crippen LogP) is 3.33. The van der Waals surface area contributed by atoms with Crippen molar-refractivity contribution in [2.24, 2.45) is 0 Å². The number of para-hydroxylation sites is 1. The van der Waals surface area contributed by atoms with Crippen molar-refractivity contribution >= 4 is 28.6 Å². The van der Waals surface area contributed by atoms with E-state index in [0.717, 1.165) is 10.9 Å². The van der Waals surface area contributed by atoms with Crippen molar-refractivity contribution in [2.75, 3.05) is 7.11 Å². The van der Waals surface area contributed by atoms with Crippen molar-refractivity contribution in [3.05, 3.63) is 58.5 Å². The molecule has 140 valence electrons. The molecule has 2 heterocycles. The lowest BCUT2D eigenvalue weighted by Crippen LogP contribution is -2.25. The van der Waals surface area contributed by atoms with Crippen LogP contribution in [-0.4, -0.2) is 40.9 Å². The van der Waals surface area contributed by atoms with E-state index in [9.17, 15) is 14.4 Å². The number of methoxy groups -OCH3 is 1. The molecule has 0 saturated carbocycles. The van der Waals surface area contributed by atoms with E-state index in [2.05, 4.69) is 9.97 Å². The number of benzene rings is 1. The Balaban J connectivity index is 1.82. The summed E-state index contributed by atoms with van der Waals surface area (Å²) < 4.78 is 10.1. The molecule has 0 aliphatic carbocycles. The SMILES string of the molecule is COC(=O)c1c(C)[nH]c(C(=O)C(C)OC(=O)c2c[nH]c3ccccc23)c1C. The Labute approximate surface area is 155 Å². The summed E-state index contributed by atoms with van der Waals surface area (Å²) in [5, 5.41) is 0.724. The predicted molar refractivity (Wildman–Crippen MR) is 99.1 cm³/mol. The fourth-order valence-corrected chi connectivity index (χ4v) is 3.13. The van der Waals surface area contributed by atoms with Gasteiger partial charge in [0.15, 0.2) is 6.10 Å². The molecule has 7 heteroatoms. The van der Waals surface area contributed by atoms with Crippen LogP contribution >= 0.6 is 0 Å². The van der Waals surface area contributed by atoms with Gasteiger partial charge >= 0.3 is 11.9 Å². The van der Waals surface area contributed by atoms with Crippen molar-refractivity contribution in [1.29, 1.82) is 0 Å². The zero-order valence-electron chi connectivity index (χ0n) is 15.5. The number of esters is 2. The number of carbonyl (C=O) groups is 3. The quantitative estimate of drug-likeness (QED) is 0.531. The van der Waals surface area contributed by atoms with Gasteiger partial charge in [-0.3, -0.25) is 4.79 Å². The van der Waals surface area contributed by atoms with Gasteiger partial charge in [-0.05, 0) is 32.4 Å². The molecule has 1 aromatic carbocycles. The fraction of sp³-hybridized carbons (Fsp3) is 0.250. The Bertz CT molecular complexity index is 1040. The first-order valence-electron chi connectivity index (χ1n) is 8.44. The van der Waals surface area contributed by atoms with E-state index in [4.69, 9.17) is 9.47 Å². The average molecular weight is 368 g/mol. The molecule has 27 heavy (non-hydrogen) atoms. The van der Waals surface area contributed by atoms with E-state index < -0.39 is 23.8 Å². The highest BCUT2D eigenvalue weighted by Crippen LogP contribution is 2.22. The molecule has 2 N–H and O–H groups in total. The van der Waals surface area contributed by atoms with Crippen molar-refractivity contribution < 1.29 is 23.9 Å².